The molecule has 0 aliphatic carbocycles. The smallest absolute Gasteiger partial charge is 0.0541 e. The molecule has 0 N–H and O–H groups in total. The van der Waals surface area contributed by atoms with Crippen molar-refractivity contribution in [1.29, 1.82) is 0 Å². The summed E-state index contributed by atoms with van der Waals surface area (Å²) in [5, 5.41) is 2.58. The second kappa shape index (κ2) is 8.84. The third-order valence-corrected chi connectivity index (χ3v) is 7.20. The van der Waals surface area contributed by atoms with E-state index < -0.39 is 0 Å². The highest BCUT2D eigenvalue weighted by Gasteiger charge is 2.16. The third kappa shape index (κ3) is 4.12. The molecule has 0 fully saturated rings. The second-order valence-electron chi connectivity index (χ2n) is 10.7. The Morgan fingerprint density at radius 3 is 1.86 bits per heavy atom. The van der Waals surface area contributed by atoms with Gasteiger partial charge in [0.25, 0.3) is 0 Å². The lowest BCUT2D eigenvalue weighted by molar-refractivity contribution is 0.590. The van der Waals surface area contributed by atoms with Crippen molar-refractivity contribution >= 4 is 21.8 Å². The molecule has 1 heteroatoms. The maximum Gasteiger partial charge on any atom is 0.0541 e. The van der Waals surface area contributed by atoms with Gasteiger partial charge in [0.1, 0.15) is 0 Å². The lowest BCUT2D eigenvalue weighted by Crippen LogP contribution is -2.10. The fraction of sp³-hybridized carbons (Fsp3) is 0.143. The zero-order valence-corrected chi connectivity index (χ0v) is 21.2. The van der Waals surface area contributed by atoms with Gasteiger partial charge in [-0.05, 0) is 70.0 Å². The lowest BCUT2D eigenvalue weighted by Gasteiger charge is -2.19. The summed E-state index contributed by atoms with van der Waals surface area (Å²) in [6.45, 7) is 6.79. The minimum atomic E-state index is 0.144. The number of para-hydroxylation sites is 1. The van der Waals surface area contributed by atoms with Gasteiger partial charge in [-0.3, -0.25) is 0 Å². The molecular formula is C35H31N. The van der Waals surface area contributed by atoms with E-state index in [2.05, 4.69) is 147 Å². The summed E-state index contributed by atoms with van der Waals surface area (Å²) in [5.41, 5.74) is 10.4. The molecule has 0 spiro atoms. The maximum atomic E-state index is 2.39. The topological polar surface area (TPSA) is 4.93 Å². The summed E-state index contributed by atoms with van der Waals surface area (Å²) in [4.78, 5) is 0. The molecule has 0 aliphatic heterocycles. The highest BCUT2D eigenvalue weighted by atomic mass is 15.0. The van der Waals surface area contributed by atoms with Crippen LogP contribution in [0.1, 0.15) is 37.5 Å². The molecule has 1 nitrogen and oxygen atoms in total. The number of benzene rings is 5. The van der Waals surface area contributed by atoms with Crippen LogP contribution in [-0.4, -0.2) is 4.57 Å². The Bertz CT molecular complexity index is 1650. The highest BCUT2D eigenvalue weighted by molar-refractivity contribution is 6.10. The van der Waals surface area contributed by atoms with Crippen LogP contribution >= 0.6 is 0 Å². The summed E-state index contributed by atoms with van der Waals surface area (Å²) >= 11 is 0. The highest BCUT2D eigenvalue weighted by Crippen LogP contribution is 2.35. The summed E-state index contributed by atoms with van der Waals surface area (Å²) in [7, 11) is 0. The van der Waals surface area contributed by atoms with Gasteiger partial charge in [-0.15, -0.1) is 0 Å². The lowest BCUT2D eigenvalue weighted by atomic mass is 9.87. The Morgan fingerprint density at radius 1 is 0.528 bits per heavy atom. The first-order valence-electron chi connectivity index (χ1n) is 12.7. The van der Waals surface area contributed by atoms with Crippen LogP contribution < -0.4 is 0 Å². The molecule has 0 aliphatic rings. The fourth-order valence-corrected chi connectivity index (χ4v) is 5.19. The molecule has 0 atom stereocenters. The van der Waals surface area contributed by atoms with E-state index >= 15 is 0 Å². The molecule has 0 radical (unpaired) electrons. The molecule has 5 aromatic carbocycles. The van der Waals surface area contributed by atoms with Crippen molar-refractivity contribution in [2.24, 2.45) is 0 Å². The van der Waals surface area contributed by atoms with E-state index in [0.29, 0.717) is 0 Å². The molecule has 6 aromatic rings. The van der Waals surface area contributed by atoms with Gasteiger partial charge in [0.2, 0.25) is 0 Å². The van der Waals surface area contributed by atoms with Gasteiger partial charge in [-0.1, -0.05) is 112 Å². The van der Waals surface area contributed by atoms with E-state index in [4.69, 9.17) is 0 Å². The van der Waals surface area contributed by atoms with Gasteiger partial charge >= 0.3 is 0 Å². The van der Waals surface area contributed by atoms with Crippen LogP contribution in [0.4, 0.5) is 0 Å². The Morgan fingerprint density at radius 2 is 1.14 bits per heavy atom. The van der Waals surface area contributed by atoms with E-state index in [0.717, 1.165) is 6.42 Å². The molecule has 1 heterocycles. The van der Waals surface area contributed by atoms with Gasteiger partial charge in [0.15, 0.2) is 0 Å². The number of hydrogen-bond donors (Lipinski definition) is 0. The Labute approximate surface area is 213 Å². The van der Waals surface area contributed by atoms with Gasteiger partial charge in [-0.25, -0.2) is 0 Å². The number of hydrogen-bond acceptors (Lipinski definition) is 0. The second-order valence-corrected chi connectivity index (χ2v) is 10.7. The van der Waals surface area contributed by atoms with Crippen molar-refractivity contribution in [3.05, 3.63) is 138 Å². The van der Waals surface area contributed by atoms with Crippen LogP contribution in [0.25, 0.3) is 38.6 Å². The van der Waals surface area contributed by atoms with Crippen molar-refractivity contribution in [2.45, 2.75) is 32.6 Å². The van der Waals surface area contributed by atoms with Gasteiger partial charge in [0, 0.05) is 16.5 Å². The quantitative estimate of drug-likeness (QED) is 0.244. The van der Waals surface area contributed by atoms with Crippen molar-refractivity contribution < 1.29 is 0 Å². The Hall–Kier alpha value is -4.10. The molecule has 0 saturated heterocycles. The van der Waals surface area contributed by atoms with E-state index in [1.807, 2.05) is 0 Å². The van der Waals surface area contributed by atoms with E-state index in [9.17, 15) is 0 Å². The zero-order valence-electron chi connectivity index (χ0n) is 21.2. The van der Waals surface area contributed by atoms with E-state index in [1.54, 1.807) is 0 Å². The number of rotatable bonds is 4. The standard InChI is InChI=1S/C35H31N/c1-35(2,3)29-18-20-30(21-19-29)36-33-12-8-7-11-31(33)32-24-28(17-22-34(32)36)27-15-13-26(14-16-27)23-25-9-5-4-6-10-25/h4-22,24H,23H2,1-3H3. The number of aromatic nitrogens is 1. The average Bonchev–Trinajstić information content (AvgIpc) is 3.23. The molecule has 0 unspecified atom stereocenters. The fourth-order valence-electron chi connectivity index (χ4n) is 5.19. The number of fused-ring (bicyclic) bond motifs is 3. The van der Waals surface area contributed by atoms with Crippen LogP contribution in [0.2, 0.25) is 0 Å². The first-order valence-corrected chi connectivity index (χ1v) is 12.7. The molecule has 176 valence electrons. The largest absolute Gasteiger partial charge is 0.309 e. The summed E-state index contributed by atoms with van der Waals surface area (Å²) in [6, 6.07) is 44.3. The molecule has 36 heavy (non-hydrogen) atoms. The zero-order chi connectivity index (χ0) is 24.7. The Balaban J connectivity index is 1.41. The molecular weight excluding hydrogens is 434 g/mol. The summed E-state index contributed by atoms with van der Waals surface area (Å²) in [6.07, 6.45) is 0.960. The van der Waals surface area contributed by atoms with Crippen LogP contribution in [0.15, 0.2) is 121 Å². The maximum absolute atomic E-state index is 2.39. The predicted molar refractivity (Wildman–Crippen MR) is 154 cm³/mol. The Kier molecular flexibility index (Phi) is 5.49. The summed E-state index contributed by atoms with van der Waals surface area (Å²) < 4.78 is 2.39. The van der Waals surface area contributed by atoms with Crippen LogP contribution in [0, 0.1) is 0 Å². The molecule has 6 rings (SSSR count). The molecule has 0 bridgehead atoms. The minimum absolute atomic E-state index is 0.144. The third-order valence-electron chi connectivity index (χ3n) is 7.20. The first kappa shape index (κ1) is 22.4. The molecule has 1 aromatic heterocycles. The van der Waals surface area contributed by atoms with E-state index in [-0.39, 0.29) is 5.41 Å². The van der Waals surface area contributed by atoms with Crippen LogP contribution in [0.3, 0.4) is 0 Å². The van der Waals surface area contributed by atoms with Gasteiger partial charge in [-0.2, -0.15) is 0 Å². The van der Waals surface area contributed by atoms with Crippen molar-refractivity contribution in [3.63, 3.8) is 0 Å². The molecule has 0 amide bonds. The van der Waals surface area contributed by atoms with Crippen LogP contribution in [0.5, 0.6) is 0 Å². The van der Waals surface area contributed by atoms with Gasteiger partial charge < -0.3 is 4.57 Å². The van der Waals surface area contributed by atoms with Crippen molar-refractivity contribution in [3.8, 4) is 16.8 Å². The van der Waals surface area contributed by atoms with Crippen molar-refractivity contribution in [1.82, 2.24) is 4.57 Å². The van der Waals surface area contributed by atoms with Gasteiger partial charge in [0.05, 0.1) is 11.0 Å². The van der Waals surface area contributed by atoms with Crippen molar-refractivity contribution in [2.75, 3.05) is 0 Å². The molecule has 0 saturated carbocycles. The average molecular weight is 466 g/mol. The van der Waals surface area contributed by atoms with Crippen LogP contribution in [-0.2, 0) is 11.8 Å². The monoisotopic (exact) mass is 465 g/mol. The number of nitrogens with zero attached hydrogens (tertiary/aromatic N) is 1. The minimum Gasteiger partial charge on any atom is -0.309 e. The summed E-state index contributed by atoms with van der Waals surface area (Å²) in [5.74, 6) is 0. The SMILES string of the molecule is CC(C)(C)c1ccc(-n2c3ccccc3c3cc(-c4ccc(Cc5ccccc5)cc4)ccc32)cc1. The normalized spacial score (nSPS) is 11.9. The first-order chi connectivity index (χ1) is 17.5. The van der Waals surface area contributed by atoms with E-state index in [1.165, 1.54) is 55.3 Å². The predicted octanol–water partition coefficient (Wildman–Crippen LogP) is 9.34.